The minimum absolute atomic E-state index is 0.0534. The Morgan fingerprint density at radius 2 is 1.95 bits per heavy atom. The molecule has 0 fully saturated rings. The van der Waals surface area contributed by atoms with Crippen LogP contribution in [0.2, 0.25) is 0 Å². The molecule has 5 heteroatoms. The average molecular weight is 276 g/mol. The SMILES string of the molecule is CN=C(NCCNC(=O)c1cccc(C)c1)NC(C)C. The van der Waals surface area contributed by atoms with Crippen LogP contribution in [0.4, 0.5) is 0 Å². The van der Waals surface area contributed by atoms with Crippen LogP contribution in [0.5, 0.6) is 0 Å². The van der Waals surface area contributed by atoms with E-state index in [0.717, 1.165) is 11.5 Å². The van der Waals surface area contributed by atoms with Crippen LogP contribution in [-0.4, -0.2) is 38.0 Å². The summed E-state index contributed by atoms with van der Waals surface area (Å²) in [5.74, 6) is 0.687. The van der Waals surface area contributed by atoms with Crippen molar-refractivity contribution in [1.82, 2.24) is 16.0 Å². The molecule has 0 atom stereocenters. The van der Waals surface area contributed by atoms with E-state index in [0.29, 0.717) is 24.7 Å². The highest BCUT2D eigenvalue weighted by atomic mass is 16.1. The van der Waals surface area contributed by atoms with Crippen molar-refractivity contribution in [3.63, 3.8) is 0 Å². The highest BCUT2D eigenvalue weighted by Gasteiger charge is 2.04. The van der Waals surface area contributed by atoms with Crippen molar-refractivity contribution in [2.45, 2.75) is 26.8 Å². The molecule has 0 heterocycles. The van der Waals surface area contributed by atoms with E-state index in [1.54, 1.807) is 7.05 Å². The van der Waals surface area contributed by atoms with Gasteiger partial charge in [-0.15, -0.1) is 0 Å². The first kappa shape index (κ1) is 16.0. The van der Waals surface area contributed by atoms with Crippen LogP contribution in [0.25, 0.3) is 0 Å². The third kappa shape index (κ3) is 5.73. The van der Waals surface area contributed by atoms with E-state index in [4.69, 9.17) is 0 Å². The summed E-state index contributed by atoms with van der Waals surface area (Å²) in [5.41, 5.74) is 1.77. The van der Waals surface area contributed by atoms with Crippen LogP contribution in [0.15, 0.2) is 29.3 Å². The summed E-state index contributed by atoms with van der Waals surface area (Å²) >= 11 is 0. The number of rotatable bonds is 5. The van der Waals surface area contributed by atoms with Crippen LogP contribution < -0.4 is 16.0 Å². The molecule has 0 radical (unpaired) electrons. The molecular formula is C15H24N4O. The molecule has 0 aliphatic rings. The molecule has 1 rings (SSSR count). The van der Waals surface area contributed by atoms with E-state index in [-0.39, 0.29) is 5.91 Å². The second kappa shape index (κ2) is 8.19. The molecule has 0 aliphatic heterocycles. The third-order valence-electron chi connectivity index (χ3n) is 2.63. The molecule has 0 aliphatic carbocycles. The molecule has 110 valence electrons. The molecule has 0 saturated carbocycles. The van der Waals surface area contributed by atoms with Gasteiger partial charge in [0.15, 0.2) is 5.96 Å². The monoisotopic (exact) mass is 276 g/mol. The van der Waals surface area contributed by atoms with Crippen LogP contribution in [0.3, 0.4) is 0 Å². The molecule has 0 spiro atoms. The number of hydrogen-bond donors (Lipinski definition) is 3. The molecule has 0 bridgehead atoms. The zero-order valence-electron chi connectivity index (χ0n) is 12.7. The highest BCUT2D eigenvalue weighted by molar-refractivity contribution is 5.94. The summed E-state index contributed by atoms with van der Waals surface area (Å²) in [6, 6.07) is 7.87. The van der Waals surface area contributed by atoms with Gasteiger partial charge < -0.3 is 16.0 Å². The Hall–Kier alpha value is -2.04. The Labute approximate surface area is 120 Å². The Morgan fingerprint density at radius 1 is 1.25 bits per heavy atom. The fourth-order valence-corrected chi connectivity index (χ4v) is 1.71. The van der Waals surface area contributed by atoms with Crippen LogP contribution in [0.1, 0.15) is 29.8 Å². The van der Waals surface area contributed by atoms with Gasteiger partial charge in [-0.2, -0.15) is 0 Å². The van der Waals surface area contributed by atoms with E-state index < -0.39 is 0 Å². The molecular weight excluding hydrogens is 252 g/mol. The molecule has 3 N–H and O–H groups in total. The first-order valence-corrected chi connectivity index (χ1v) is 6.85. The van der Waals surface area contributed by atoms with Crippen molar-refractivity contribution in [3.8, 4) is 0 Å². The maximum absolute atomic E-state index is 11.9. The van der Waals surface area contributed by atoms with Gasteiger partial charge in [0, 0.05) is 31.7 Å². The molecule has 1 aromatic rings. The summed E-state index contributed by atoms with van der Waals surface area (Å²) in [5, 5.41) is 9.20. The molecule has 0 aromatic heterocycles. The first-order chi connectivity index (χ1) is 9.52. The lowest BCUT2D eigenvalue weighted by molar-refractivity contribution is 0.0954. The van der Waals surface area contributed by atoms with E-state index in [1.165, 1.54) is 0 Å². The Kier molecular flexibility index (Phi) is 6.56. The van der Waals surface area contributed by atoms with Crippen LogP contribution >= 0.6 is 0 Å². The number of amides is 1. The Morgan fingerprint density at radius 3 is 2.55 bits per heavy atom. The van der Waals surface area contributed by atoms with E-state index in [9.17, 15) is 4.79 Å². The highest BCUT2D eigenvalue weighted by Crippen LogP contribution is 2.03. The number of carbonyl (C=O) groups is 1. The van der Waals surface area contributed by atoms with Crippen LogP contribution in [-0.2, 0) is 0 Å². The second-order valence-corrected chi connectivity index (χ2v) is 4.92. The molecule has 0 saturated heterocycles. The van der Waals surface area contributed by atoms with E-state index >= 15 is 0 Å². The number of aryl methyl sites for hydroxylation is 1. The van der Waals surface area contributed by atoms with Crippen molar-refractivity contribution in [2.24, 2.45) is 4.99 Å². The first-order valence-electron chi connectivity index (χ1n) is 6.85. The maximum atomic E-state index is 11.9. The van der Waals surface area contributed by atoms with Crippen molar-refractivity contribution in [3.05, 3.63) is 35.4 Å². The van der Waals surface area contributed by atoms with Gasteiger partial charge in [0.1, 0.15) is 0 Å². The zero-order chi connectivity index (χ0) is 15.0. The quantitative estimate of drug-likeness (QED) is 0.431. The lowest BCUT2D eigenvalue weighted by Gasteiger charge is -2.14. The largest absolute Gasteiger partial charge is 0.355 e. The zero-order valence-corrected chi connectivity index (χ0v) is 12.7. The van der Waals surface area contributed by atoms with Crippen molar-refractivity contribution in [1.29, 1.82) is 0 Å². The van der Waals surface area contributed by atoms with Gasteiger partial charge in [0.05, 0.1) is 0 Å². The lowest BCUT2D eigenvalue weighted by atomic mass is 10.1. The third-order valence-corrected chi connectivity index (χ3v) is 2.63. The summed E-state index contributed by atoms with van der Waals surface area (Å²) in [6.07, 6.45) is 0. The summed E-state index contributed by atoms with van der Waals surface area (Å²) in [6.45, 7) is 7.24. The molecule has 1 aromatic carbocycles. The van der Waals surface area contributed by atoms with E-state index in [1.807, 2.05) is 45.0 Å². The molecule has 0 unspecified atom stereocenters. The predicted molar refractivity (Wildman–Crippen MR) is 83.1 cm³/mol. The van der Waals surface area contributed by atoms with Crippen LogP contribution in [0, 0.1) is 6.92 Å². The van der Waals surface area contributed by atoms with Crippen molar-refractivity contribution >= 4 is 11.9 Å². The number of guanidine groups is 1. The summed E-state index contributed by atoms with van der Waals surface area (Å²) in [7, 11) is 1.73. The van der Waals surface area contributed by atoms with Gasteiger partial charge in [-0.25, -0.2) is 0 Å². The second-order valence-electron chi connectivity index (χ2n) is 4.92. The van der Waals surface area contributed by atoms with Gasteiger partial charge in [-0.05, 0) is 32.9 Å². The Balaban J connectivity index is 2.32. The normalized spacial score (nSPS) is 11.3. The number of aliphatic imine (C=N–C) groups is 1. The molecule has 20 heavy (non-hydrogen) atoms. The van der Waals surface area contributed by atoms with Gasteiger partial charge in [0.2, 0.25) is 0 Å². The van der Waals surface area contributed by atoms with Crippen molar-refractivity contribution in [2.75, 3.05) is 20.1 Å². The number of nitrogens with zero attached hydrogens (tertiary/aromatic N) is 1. The minimum atomic E-state index is -0.0534. The van der Waals surface area contributed by atoms with E-state index in [2.05, 4.69) is 20.9 Å². The lowest BCUT2D eigenvalue weighted by Crippen LogP contribution is -2.44. The fourth-order valence-electron chi connectivity index (χ4n) is 1.71. The predicted octanol–water partition coefficient (Wildman–Crippen LogP) is 1.30. The number of nitrogens with one attached hydrogen (secondary N) is 3. The fraction of sp³-hybridized carbons (Fsp3) is 0.467. The number of hydrogen-bond acceptors (Lipinski definition) is 2. The number of carbonyl (C=O) groups excluding carboxylic acids is 1. The summed E-state index contributed by atoms with van der Waals surface area (Å²) < 4.78 is 0. The summed E-state index contributed by atoms with van der Waals surface area (Å²) in [4.78, 5) is 16.0. The maximum Gasteiger partial charge on any atom is 0.251 e. The van der Waals surface area contributed by atoms with Crippen molar-refractivity contribution < 1.29 is 4.79 Å². The minimum Gasteiger partial charge on any atom is -0.355 e. The van der Waals surface area contributed by atoms with Gasteiger partial charge in [0.25, 0.3) is 5.91 Å². The molecule has 1 amide bonds. The topological polar surface area (TPSA) is 65.5 Å². The average Bonchev–Trinajstić information content (AvgIpc) is 2.41. The molecule has 5 nitrogen and oxygen atoms in total. The number of benzene rings is 1. The van der Waals surface area contributed by atoms with Gasteiger partial charge in [-0.3, -0.25) is 9.79 Å². The van der Waals surface area contributed by atoms with Gasteiger partial charge in [-0.1, -0.05) is 17.7 Å². The standard InChI is InChI=1S/C15H24N4O/c1-11(2)19-15(16-4)18-9-8-17-14(20)13-7-5-6-12(3)10-13/h5-7,10-11H,8-9H2,1-4H3,(H,17,20)(H2,16,18,19). The van der Waals surface area contributed by atoms with Gasteiger partial charge >= 0.3 is 0 Å². The Bertz CT molecular complexity index is 469. The smallest absolute Gasteiger partial charge is 0.251 e.